The highest BCUT2D eigenvalue weighted by Gasteiger charge is 2.27. The van der Waals surface area contributed by atoms with Crippen LogP contribution in [0.5, 0.6) is 5.75 Å². The average molecular weight is 429 g/mol. The van der Waals surface area contributed by atoms with E-state index in [-0.39, 0.29) is 5.82 Å². The molecular formula is C26H37FN2O2. The van der Waals surface area contributed by atoms with Crippen LogP contribution in [0.4, 0.5) is 10.2 Å². The van der Waals surface area contributed by atoms with Crippen LogP contribution in [0.2, 0.25) is 0 Å². The Balaban J connectivity index is 1.45. The summed E-state index contributed by atoms with van der Waals surface area (Å²) >= 11 is 0. The number of nitrogens with one attached hydrogen (secondary N) is 1. The van der Waals surface area contributed by atoms with Crippen molar-refractivity contribution < 1.29 is 14.2 Å². The minimum absolute atomic E-state index is 0.290. The van der Waals surface area contributed by atoms with E-state index in [9.17, 15) is 4.39 Å². The number of benzene rings is 1. The van der Waals surface area contributed by atoms with E-state index in [1.54, 1.807) is 0 Å². The Morgan fingerprint density at radius 3 is 2.74 bits per heavy atom. The number of hydrogen-bond acceptors (Lipinski definition) is 4. The maximum atomic E-state index is 13.7. The second kappa shape index (κ2) is 12.0. The Kier molecular flexibility index (Phi) is 9.13. The van der Waals surface area contributed by atoms with Gasteiger partial charge in [-0.1, -0.05) is 31.9 Å². The molecule has 0 unspecified atom stereocenters. The number of halogens is 1. The topological polar surface area (TPSA) is 54.4 Å². The summed E-state index contributed by atoms with van der Waals surface area (Å²) in [4.78, 5) is 4.62. The average Bonchev–Trinajstić information content (AvgIpc) is 3.25. The number of aliphatic hydroxyl groups is 1. The first-order chi connectivity index (χ1) is 15.1. The number of aliphatic hydroxyl groups excluding tert-OH is 1. The van der Waals surface area contributed by atoms with Crippen LogP contribution in [0, 0.1) is 11.7 Å². The molecule has 1 aliphatic carbocycles. The second-order valence-electron chi connectivity index (χ2n) is 8.95. The van der Waals surface area contributed by atoms with E-state index in [4.69, 9.17) is 9.84 Å². The summed E-state index contributed by atoms with van der Waals surface area (Å²) in [7, 11) is 1.52. The van der Waals surface area contributed by atoms with Crippen LogP contribution in [0.15, 0.2) is 36.5 Å². The maximum Gasteiger partial charge on any atom is 0.165 e. The minimum Gasteiger partial charge on any atom is -0.494 e. The van der Waals surface area contributed by atoms with E-state index in [2.05, 4.69) is 29.4 Å². The first kappa shape index (κ1) is 23.5. The predicted molar refractivity (Wildman–Crippen MR) is 124 cm³/mol. The summed E-state index contributed by atoms with van der Waals surface area (Å²) < 4.78 is 18.8. The highest BCUT2D eigenvalue weighted by Crippen LogP contribution is 2.42. The molecule has 5 heteroatoms. The number of hydrogen-bond donors (Lipinski definition) is 2. The van der Waals surface area contributed by atoms with Crippen molar-refractivity contribution in [3.05, 3.63) is 53.5 Å². The molecule has 0 spiro atoms. The van der Waals surface area contributed by atoms with Crippen LogP contribution in [-0.2, 0) is 0 Å². The Morgan fingerprint density at radius 1 is 1.16 bits per heavy atom. The molecular weight excluding hydrogens is 391 g/mol. The summed E-state index contributed by atoms with van der Waals surface area (Å²) in [6.07, 6.45) is 11.0. The fourth-order valence-electron chi connectivity index (χ4n) is 4.77. The lowest BCUT2D eigenvalue weighted by Crippen LogP contribution is -2.05. The molecule has 2 N–H and O–H groups in total. The molecule has 3 rings (SSSR count). The van der Waals surface area contributed by atoms with Crippen molar-refractivity contribution in [1.82, 2.24) is 4.98 Å². The van der Waals surface area contributed by atoms with Gasteiger partial charge in [-0.25, -0.2) is 9.37 Å². The van der Waals surface area contributed by atoms with Crippen LogP contribution in [0.3, 0.4) is 0 Å². The van der Waals surface area contributed by atoms with Crippen LogP contribution < -0.4 is 10.1 Å². The van der Waals surface area contributed by atoms with Crippen molar-refractivity contribution in [2.45, 2.75) is 70.1 Å². The molecule has 1 saturated carbocycles. The number of rotatable bonds is 12. The van der Waals surface area contributed by atoms with E-state index in [1.165, 1.54) is 38.0 Å². The monoisotopic (exact) mass is 428 g/mol. The third-order valence-corrected chi connectivity index (χ3v) is 6.62. The number of ether oxygens (including phenoxy) is 1. The van der Waals surface area contributed by atoms with Crippen molar-refractivity contribution in [3.63, 3.8) is 0 Å². The van der Waals surface area contributed by atoms with Crippen molar-refractivity contribution >= 4 is 5.82 Å². The Labute approximate surface area is 186 Å². The zero-order valence-electron chi connectivity index (χ0n) is 18.9. The molecule has 170 valence electrons. The first-order valence-electron chi connectivity index (χ1n) is 11.7. The molecule has 1 fully saturated rings. The number of methoxy groups -OCH3 is 1. The number of anilines is 1. The zero-order chi connectivity index (χ0) is 22.1. The molecule has 0 amide bonds. The summed E-state index contributed by atoms with van der Waals surface area (Å²) in [5, 5.41) is 12.2. The summed E-state index contributed by atoms with van der Waals surface area (Å²) in [6.45, 7) is 3.44. The van der Waals surface area contributed by atoms with Gasteiger partial charge in [0.25, 0.3) is 0 Å². The Hall–Kier alpha value is -2.14. The minimum atomic E-state index is -0.300. The van der Waals surface area contributed by atoms with E-state index in [1.807, 2.05) is 18.3 Å². The first-order valence-corrected chi connectivity index (χ1v) is 11.7. The fourth-order valence-corrected chi connectivity index (χ4v) is 4.77. The van der Waals surface area contributed by atoms with Crippen molar-refractivity contribution in [3.8, 4) is 5.75 Å². The highest BCUT2D eigenvalue weighted by atomic mass is 19.1. The van der Waals surface area contributed by atoms with Crippen molar-refractivity contribution in [2.24, 2.45) is 5.92 Å². The van der Waals surface area contributed by atoms with Gasteiger partial charge < -0.3 is 15.2 Å². The quantitative estimate of drug-likeness (QED) is 0.391. The largest absolute Gasteiger partial charge is 0.494 e. The number of pyridine rings is 1. The number of unbranched alkanes of at least 4 members (excludes halogenated alkanes) is 3. The lowest BCUT2D eigenvalue weighted by Gasteiger charge is -2.18. The third kappa shape index (κ3) is 6.93. The summed E-state index contributed by atoms with van der Waals surface area (Å²) in [5.74, 6) is 2.64. The molecule has 0 bridgehead atoms. The van der Waals surface area contributed by atoms with E-state index in [0.29, 0.717) is 30.1 Å². The van der Waals surface area contributed by atoms with Gasteiger partial charge in [-0.15, -0.1) is 0 Å². The Morgan fingerprint density at radius 2 is 2.00 bits per heavy atom. The smallest absolute Gasteiger partial charge is 0.165 e. The third-order valence-electron chi connectivity index (χ3n) is 6.62. The van der Waals surface area contributed by atoms with E-state index in [0.717, 1.165) is 50.0 Å². The van der Waals surface area contributed by atoms with Gasteiger partial charge in [-0.05, 0) is 85.6 Å². The van der Waals surface area contributed by atoms with Crippen LogP contribution in [0.1, 0.15) is 81.3 Å². The van der Waals surface area contributed by atoms with Gasteiger partial charge in [0.1, 0.15) is 5.82 Å². The molecule has 31 heavy (non-hydrogen) atoms. The van der Waals surface area contributed by atoms with Gasteiger partial charge in [-0.3, -0.25) is 0 Å². The van der Waals surface area contributed by atoms with Crippen molar-refractivity contribution in [1.29, 1.82) is 0 Å². The molecule has 1 aromatic heterocycles. The van der Waals surface area contributed by atoms with Gasteiger partial charge >= 0.3 is 0 Å². The molecule has 1 aromatic carbocycles. The maximum absolute atomic E-state index is 13.7. The van der Waals surface area contributed by atoms with Crippen LogP contribution in [0.25, 0.3) is 0 Å². The predicted octanol–water partition coefficient (Wildman–Crippen LogP) is 6.27. The number of aromatic nitrogens is 1. The molecule has 1 heterocycles. The molecule has 4 nitrogen and oxygen atoms in total. The van der Waals surface area contributed by atoms with Gasteiger partial charge in [0, 0.05) is 19.3 Å². The fraction of sp³-hybridized carbons (Fsp3) is 0.577. The SMILES string of the molecule is COc1cc([C@@H](C)C[C@H]2CC[C@@H](c3ccc(NCCCCCCO)nc3)C2)ccc1F. The van der Waals surface area contributed by atoms with Gasteiger partial charge in [0.15, 0.2) is 11.6 Å². The van der Waals surface area contributed by atoms with Crippen LogP contribution in [-0.4, -0.2) is 30.4 Å². The molecule has 3 atom stereocenters. The zero-order valence-corrected chi connectivity index (χ0v) is 18.9. The number of nitrogens with zero attached hydrogens (tertiary/aromatic N) is 1. The molecule has 2 aromatic rings. The summed E-state index contributed by atoms with van der Waals surface area (Å²) in [5.41, 5.74) is 2.49. The van der Waals surface area contributed by atoms with Gasteiger partial charge in [-0.2, -0.15) is 0 Å². The van der Waals surface area contributed by atoms with Gasteiger partial charge in [0.05, 0.1) is 7.11 Å². The summed E-state index contributed by atoms with van der Waals surface area (Å²) in [6, 6.07) is 9.57. The molecule has 0 radical (unpaired) electrons. The standard InChI is InChI=1S/C26H37FN2O2/c1-19(21-9-11-24(27)25(17-21)31-2)15-20-7-8-22(16-20)23-10-12-26(29-18-23)28-13-5-3-4-6-14-30/h9-12,17-20,22,30H,3-8,13-16H2,1-2H3,(H,28,29)/t19-,20+,22+/m0/s1. The van der Waals surface area contributed by atoms with E-state index < -0.39 is 0 Å². The van der Waals surface area contributed by atoms with Gasteiger partial charge in [0.2, 0.25) is 0 Å². The second-order valence-corrected chi connectivity index (χ2v) is 8.95. The molecule has 0 saturated heterocycles. The lowest BCUT2D eigenvalue weighted by molar-refractivity contribution is 0.283. The molecule has 1 aliphatic rings. The Bertz CT molecular complexity index is 796. The highest BCUT2D eigenvalue weighted by molar-refractivity contribution is 5.36. The lowest BCUT2D eigenvalue weighted by atomic mass is 9.88. The van der Waals surface area contributed by atoms with E-state index >= 15 is 0 Å². The van der Waals surface area contributed by atoms with Crippen LogP contribution >= 0.6 is 0 Å². The molecule has 0 aliphatic heterocycles. The van der Waals surface area contributed by atoms with Crippen molar-refractivity contribution in [2.75, 3.05) is 25.6 Å². The normalized spacial score (nSPS) is 19.4.